The molecule has 1 saturated heterocycles. The van der Waals surface area contributed by atoms with E-state index in [1.165, 1.54) is 16.9 Å². The molecule has 0 spiro atoms. The number of nitrogens with zero attached hydrogens (tertiary/aromatic N) is 6. The standard InChI is InChI=1S/C22H30N6OS/c1-13-23-20-17(15-7-6-14(22(2,3)4)12-16(15)30-20)19-24-18(25-28(13)19)21(29)27-10-8-26(5)9-11-27/h14H,6-12H2,1-5H3/t14-/m1/s1. The molecule has 8 heteroatoms. The Morgan fingerprint density at radius 2 is 1.87 bits per heavy atom. The maximum absolute atomic E-state index is 13.1. The predicted molar refractivity (Wildman–Crippen MR) is 119 cm³/mol. The number of hydrogen-bond acceptors (Lipinski definition) is 6. The number of fused-ring (bicyclic) bond motifs is 5. The van der Waals surface area contributed by atoms with E-state index in [0.717, 1.165) is 60.7 Å². The van der Waals surface area contributed by atoms with Gasteiger partial charge in [-0.25, -0.2) is 9.97 Å². The summed E-state index contributed by atoms with van der Waals surface area (Å²) in [5.41, 5.74) is 2.48. The van der Waals surface area contributed by atoms with Crippen molar-refractivity contribution in [2.24, 2.45) is 11.3 Å². The Morgan fingerprint density at radius 1 is 1.13 bits per heavy atom. The number of aryl methyl sites for hydroxylation is 2. The number of thiophene rings is 1. The Labute approximate surface area is 181 Å². The van der Waals surface area contributed by atoms with Gasteiger partial charge in [0.25, 0.3) is 5.91 Å². The molecule has 3 aromatic rings. The molecule has 2 aliphatic rings. The number of amides is 1. The SMILES string of the molecule is Cc1nc2sc3c(c2c2nc(C(=O)N4CCN(C)CC4)nn12)CC[C@@H](C(C)(C)C)C3. The summed E-state index contributed by atoms with van der Waals surface area (Å²) in [5.74, 6) is 1.69. The monoisotopic (exact) mass is 426 g/mol. The molecule has 0 aromatic carbocycles. The highest BCUT2D eigenvalue weighted by atomic mass is 32.1. The molecule has 1 amide bonds. The van der Waals surface area contributed by atoms with Crippen molar-refractivity contribution >= 4 is 33.1 Å². The van der Waals surface area contributed by atoms with Gasteiger partial charge in [-0.2, -0.15) is 4.52 Å². The minimum atomic E-state index is -0.0729. The smallest absolute Gasteiger partial charge is 0.293 e. The summed E-state index contributed by atoms with van der Waals surface area (Å²) in [6.07, 6.45) is 3.34. The average molecular weight is 427 g/mol. The largest absolute Gasteiger partial charge is 0.333 e. The first-order chi connectivity index (χ1) is 14.2. The van der Waals surface area contributed by atoms with Crippen LogP contribution < -0.4 is 0 Å². The number of carbonyl (C=O) groups is 1. The third-order valence-electron chi connectivity index (χ3n) is 6.85. The molecule has 1 atom stereocenters. The van der Waals surface area contributed by atoms with Crippen LogP contribution >= 0.6 is 11.3 Å². The van der Waals surface area contributed by atoms with Gasteiger partial charge in [-0.3, -0.25) is 4.79 Å². The second-order valence-corrected chi connectivity index (χ2v) is 11.0. The number of rotatable bonds is 1. The Kier molecular flexibility index (Phi) is 4.63. The van der Waals surface area contributed by atoms with Crippen molar-refractivity contribution in [3.63, 3.8) is 0 Å². The molecule has 0 unspecified atom stereocenters. The molecular weight excluding hydrogens is 396 g/mol. The summed E-state index contributed by atoms with van der Waals surface area (Å²) in [6, 6.07) is 0. The van der Waals surface area contributed by atoms with Crippen molar-refractivity contribution in [1.29, 1.82) is 0 Å². The first-order valence-corrected chi connectivity index (χ1v) is 11.7. The fourth-order valence-corrected chi connectivity index (χ4v) is 6.10. The fraction of sp³-hybridized carbons (Fsp3) is 0.636. The number of piperazine rings is 1. The summed E-state index contributed by atoms with van der Waals surface area (Å²) in [6.45, 7) is 12.2. The van der Waals surface area contributed by atoms with E-state index in [9.17, 15) is 4.79 Å². The van der Waals surface area contributed by atoms with Gasteiger partial charge >= 0.3 is 0 Å². The van der Waals surface area contributed by atoms with Crippen LogP contribution in [-0.2, 0) is 12.8 Å². The predicted octanol–water partition coefficient (Wildman–Crippen LogP) is 3.19. The van der Waals surface area contributed by atoms with Crippen LogP contribution in [0.15, 0.2) is 0 Å². The fourth-order valence-electron chi connectivity index (χ4n) is 4.76. The van der Waals surface area contributed by atoms with Crippen molar-refractivity contribution < 1.29 is 4.79 Å². The van der Waals surface area contributed by atoms with E-state index in [1.807, 2.05) is 11.8 Å². The van der Waals surface area contributed by atoms with E-state index in [0.29, 0.717) is 17.2 Å². The van der Waals surface area contributed by atoms with Gasteiger partial charge in [0.1, 0.15) is 10.7 Å². The van der Waals surface area contributed by atoms with Crippen LogP contribution in [-0.4, -0.2) is 68.5 Å². The minimum absolute atomic E-state index is 0.0729. The minimum Gasteiger partial charge on any atom is -0.333 e. The second-order valence-electron chi connectivity index (χ2n) is 9.92. The quantitative estimate of drug-likeness (QED) is 0.598. The van der Waals surface area contributed by atoms with Gasteiger partial charge < -0.3 is 9.80 Å². The van der Waals surface area contributed by atoms with Gasteiger partial charge in [0.15, 0.2) is 5.65 Å². The molecule has 5 rings (SSSR count). The molecule has 1 fully saturated rings. The van der Waals surface area contributed by atoms with Gasteiger partial charge in [-0.05, 0) is 50.1 Å². The summed E-state index contributed by atoms with van der Waals surface area (Å²) in [4.78, 5) is 29.2. The van der Waals surface area contributed by atoms with Crippen molar-refractivity contribution in [3.05, 3.63) is 22.1 Å². The van der Waals surface area contributed by atoms with Crippen molar-refractivity contribution in [3.8, 4) is 0 Å². The maximum atomic E-state index is 13.1. The maximum Gasteiger partial charge on any atom is 0.293 e. The molecule has 0 N–H and O–H groups in total. The normalized spacial score (nSPS) is 20.8. The Hall–Kier alpha value is -2.06. The van der Waals surface area contributed by atoms with Gasteiger partial charge in [-0.15, -0.1) is 16.4 Å². The zero-order valence-corrected chi connectivity index (χ0v) is 19.3. The van der Waals surface area contributed by atoms with Gasteiger partial charge in [0, 0.05) is 31.1 Å². The molecule has 3 aromatic heterocycles. The summed E-state index contributed by atoms with van der Waals surface area (Å²) in [5, 5.41) is 5.69. The highest BCUT2D eigenvalue weighted by Crippen LogP contribution is 2.43. The molecule has 0 bridgehead atoms. The van der Waals surface area contributed by atoms with Crippen LogP contribution in [0, 0.1) is 18.3 Å². The zero-order chi connectivity index (χ0) is 21.2. The lowest BCUT2D eigenvalue weighted by atomic mass is 9.72. The van der Waals surface area contributed by atoms with Gasteiger partial charge in [0.2, 0.25) is 5.82 Å². The third-order valence-corrected chi connectivity index (χ3v) is 8.00. The van der Waals surface area contributed by atoms with Crippen molar-refractivity contribution in [1.82, 2.24) is 29.4 Å². The second kappa shape index (κ2) is 6.99. The first-order valence-electron chi connectivity index (χ1n) is 10.9. The lowest BCUT2D eigenvalue weighted by molar-refractivity contribution is 0.0652. The first kappa shape index (κ1) is 19.9. The summed E-state index contributed by atoms with van der Waals surface area (Å²) in [7, 11) is 2.08. The zero-order valence-electron chi connectivity index (χ0n) is 18.5. The van der Waals surface area contributed by atoms with Crippen LogP contribution in [0.2, 0.25) is 0 Å². The highest BCUT2D eigenvalue weighted by molar-refractivity contribution is 7.19. The molecular formula is C22H30N6OS. The van der Waals surface area contributed by atoms with Gasteiger partial charge in [-0.1, -0.05) is 20.8 Å². The number of aromatic nitrogens is 4. The van der Waals surface area contributed by atoms with Crippen molar-refractivity contribution in [2.45, 2.75) is 47.0 Å². The van der Waals surface area contributed by atoms with Crippen LogP contribution in [0.1, 0.15) is 54.1 Å². The topological polar surface area (TPSA) is 66.6 Å². The van der Waals surface area contributed by atoms with E-state index in [4.69, 9.17) is 9.97 Å². The highest BCUT2D eigenvalue weighted by Gasteiger charge is 2.32. The average Bonchev–Trinajstić information content (AvgIpc) is 3.28. The van der Waals surface area contributed by atoms with Crippen LogP contribution in [0.25, 0.3) is 15.9 Å². The molecule has 1 aliphatic carbocycles. The van der Waals surface area contributed by atoms with Crippen molar-refractivity contribution in [2.75, 3.05) is 33.2 Å². The van der Waals surface area contributed by atoms with Crippen LogP contribution in [0.3, 0.4) is 0 Å². The van der Waals surface area contributed by atoms with Gasteiger partial charge in [0.05, 0.1) is 5.39 Å². The number of carbonyl (C=O) groups excluding carboxylic acids is 1. The van der Waals surface area contributed by atoms with E-state index < -0.39 is 0 Å². The molecule has 30 heavy (non-hydrogen) atoms. The summed E-state index contributed by atoms with van der Waals surface area (Å²) >= 11 is 1.80. The van der Waals surface area contributed by atoms with E-state index in [1.54, 1.807) is 15.9 Å². The Balaban J connectivity index is 1.57. The number of likely N-dealkylation sites (N-methyl/N-ethyl adjacent to an activating group) is 1. The van der Waals surface area contributed by atoms with E-state index in [-0.39, 0.29) is 5.91 Å². The lowest BCUT2D eigenvalue weighted by Crippen LogP contribution is -2.47. The Morgan fingerprint density at radius 3 is 2.57 bits per heavy atom. The molecule has 0 radical (unpaired) electrons. The third kappa shape index (κ3) is 3.21. The van der Waals surface area contributed by atoms with E-state index in [2.05, 4.69) is 37.8 Å². The van der Waals surface area contributed by atoms with Crippen LogP contribution in [0.5, 0.6) is 0 Å². The molecule has 7 nitrogen and oxygen atoms in total. The number of hydrogen-bond donors (Lipinski definition) is 0. The lowest BCUT2D eigenvalue weighted by Gasteiger charge is -2.33. The molecule has 0 saturated carbocycles. The molecule has 160 valence electrons. The van der Waals surface area contributed by atoms with Crippen LogP contribution in [0.4, 0.5) is 0 Å². The Bertz CT molecular complexity index is 1130. The molecule has 1 aliphatic heterocycles. The summed E-state index contributed by atoms with van der Waals surface area (Å²) < 4.78 is 1.77. The van der Waals surface area contributed by atoms with E-state index >= 15 is 0 Å². The molecule has 4 heterocycles.